The van der Waals surface area contributed by atoms with Crippen LogP contribution in [-0.2, 0) is 4.79 Å². The molecule has 6 heteroatoms. The number of hydrogen-bond acceptors (Lipinski definition) is 3. The summed E-state index contributed by atoms with van der Waals surface area (Å²) in [5.74, 6) is -2.90. The summed E-state index contributed by atoms with van der Waals surface area (Å²) in [4.78, 5) is 11.7. The van der Waals surface area contributed by atoms with Gasteiger partial charge in [-0.2, -0.15) is 13.2 Å². The summed E-state index contributed by atoms with van der Waals surface area (Å²) in [6, 6.07) is 4.59. The summed E-state index contributed by atoms with van der Waals surface area (Å²) in [5, 5.41) is 0. The minimum atomic E-state index is -4.28. The number of rotatable bonds is 1. The lowest BCUT2D eigenvalue weighted by Gasteiger charge is -2.46. The second kappa shape index (κ2) is 3.88. The van der Waals surface area contributed by atoms with Gasteiger partial charge in [0.15, 0.2) is 0 Å². The van der Waals surface area contributed by atoms with Crippen LogP contribution in [0.15, 0.2) is 18.2 Å². The van der Waals surface area contributed by atoms with Crippen LogP contribution >= 0.6 is 0 Å². The van der Waals surface area contributed by atoms with Crippen LogP contribution in [0.1, 0.15) is 17.9 Å². The van der Waals surface area contributed by atoms with Crippen molar-refractivity contribution in [2.75, 3.05) is 7.11 Å². The Morgan fingerprint density at radius 1 is 1.37 bits per heavy atom. The molecule has 0 bridgehead atoms. The molecule has 2 aliphatic rings. The molecule has 0 saturated heterocycles. The lowest BCUT2D eigenvalue weighted by atomic mass is 9.60. The Labute approximate surface area is 107 Å². The van der Waals surface area contributed by atoms with Crippen molar-refractivity contribution in [3.8, 4) is 11.5 Å². The first-order valence-corrected chi connectivity index (χ1v) is 5.88. The Hall–Kier alpha value is -1.72. The highest BCUT2D eigenvalue weighted by molar-refractivity contribution is 5.81. The fourth-order valence-electron chi connectivity index (χ4n) is 2.85. The van der Waals surface area contributed by atoms with Crippen LogP contribution in [0.5, 0.6) is 11.5 Å². The highest BCUT2D eigenvalue weighted by Crippen LogP contribution is 2.59. The van der Waals surface area contributed by atoms with E-state index < -0.39 is 29.9 Å². The lowest BCUT2D eigenvalue weighted by molar-refractivity contribution is -0.218. The predicted molar refractivity (Wildman–Crippen MR) is 59.0 cm³/mol. The van der Waals surface area contributed by atoms with Crippen molar-refractivity contribution in [1.29, 1.82) is 0 Å². The van der Waals surface area contributed by atoms with Crippen molar-refractivity contribution in [1.82, 2.24) is 0 Å². The maximum absolute atomic E-state index is 12.9. The van der Waals surface area contributed by atoms with Crippen LogP contribution in [-0.4, -0.2) is 19.3 Å². The van der Waals surface area contributed by atoms with E-state index in [1.165, 1.54) is 13.2 Å². The zero-order chi connectivity index (χ0) is 13.8. The van der Waals surface area contributed by atoms with Crippen molar-refractivity contribution in [2.45, 2.75) is 18.5 Å². The standard InChI is InChI=1S/C13H11F3O3/c1-18-6-2-3-7-10(4-6)19-12(17)8-5-9(11(7)8)13(14,15)16/h2-4,8-9,11H,5H2,1H3/t8-,9+,11-/m1/s1. The van der Waals surface area contributed by atoms with Crippen LogP contribution in [0.4, 0.5) is 13.2 Å². The topological polar surface area (TPSA) is 35.5 Å². The molecule has 0 spiro atoms. The normalized spacial score (nSPS) is 28.8. The third-order valence-corrected chi connectivity index (χ3v) is 3.89. The molecule has 1 aliphatic heterocycles. The molecular formula is C13H11F3O3. The van der Waals surface area contributed by atoms with E-state index in [1.54, 1.807) is 12.1 Å². The maximum atomic E-state index is 12.9. The Morgan fingerprint density at radius 2 is 2.11 bits per heavy atom. The van der Waals surface area contributed by atoms with Crippen LogP contribution in [0, 0.1) is 11.8 Å². The summed E-state index contributed by atoms with van der Waals surface area (Å²) in [7, 11) is 1.44. The minimum absolute atomic E-state index is 0.180. The number of esters is 1. The van der Waals surface area contributed by atoms with Gasteiger partial charge in [-0.1, -0.05) is 6.07 Å². The monoisotopic (exact) mass is 272 g/mol. The predicted octanol–water partition coefficient (Wildman–Crippen LogP) is 2.90. The summed E-state index contributed by atoms with van der Waals surface area (Å²) in [5.41, 5.74) is 0.443. The number of carbonyl (C=O) groups excluding carboxylic acids is 1. The second-order valence-electron chi connectivity index (χ2n) is 4.84. The third kappa shape index (κ3) is 1.77. The van der Waals surface area contributed by atoms with Gasteiger partial charge in [-0.25, -0.2) is 0 Å². The Bertz CT molecular complexity index is 538. The van der Waals surface area contributed by atoms with E-state index in [1.807, 2.05) is 0 Å². The molecule has 1 aromatic rings. The number of carbonyl (C=O) groups is 1. The van der Waals surface area contributed by atoms with Gasteiger partial charge in [0, 0.05) is 12.0 Å². The number of halogens is 3. The molecule has 0 amide bonds. The third-order valence-electron chi connectivity index (χ3n) is 3.89. The fraction of sp³-hybridized carbons (Fsp3) is 0.462. The van der Waals surface area contributed by atoms with Crippen molar-refractivity contribution >= 4 is 5.97 Å². The number of alkyl halides is 3. The molecule has 1 fully saturated rings. The lowest BCUT2D eigenvalue weighted by Crippen LogP contribution is -2.50. The van der Waals surface area contributed by atoms with Crippen LogP contribution < -0.4 is 9.47 Å². The van der Waals surface area contributed by atoms with E-state index in [2.05, 4.69) is 0 Å². The SMILES string of the molecule is COc1ccc2c(c1)OC(=O)[C@@H]1C[C@H](C(F)(F)F)[C@H]21. The first kappa shape index (κ1) is 12.3. The number of methoxy groups -OCH3 is 1. The first-order chi connectivity index (χ1) is 8.91. The van der Waals surface area contributed by atoms with Gasteiger partial charge < -0.3 is 9.47 Å². The van der Waals surface area contributed by atoms with Crippen molar-refractivity contribution in [2.24, 2.45) is 11.8 Å². The Morgan fingerprint density at radius 3 is 2.74 bits per heavy atom. The quantitative estimate of drug-likeness (QED) is 0.582. The molecular weight excluding hydrogens is 261 g/mol. The van der Waals surface area contributed by atoms with Gasteiger partial charge in [0.25, 0.3) is 0 Å². The zero-order valence-corrected chi connectivity index (χ0v) is 10.0. The Balaban J connectivity index is 2.02. The molecule has 3 rings (SSSR count). The molecule has 1 heterocycles. The highest BCUT2D eigenvalue weighted by Gasteiger charge is 2.60. The summed E-state index contributed by atoms with van der Waals surface area (Å²) < 4.78 is 48.6. The van der Waals surface area contributed by atoms with Gasteiger partial charge >= 0.3 is 12.1 Å². The van der Waals surface area contributed by atoms with Crippen molar-refractivity contribution in [3.05, 3.63) is 23.8 Å². The summed E-state index contributed by atoms with van der Waals surface area (Å²) >= 11 is 0. The minimum Gasteiger partial charge on any atom is -0.497 e. The van der Waals surface area contributed by atoms with E-state index >= 15 is 0 Å². The maximum Gasteiger partial charge on any atom is 0.392 e. The molecule has 0 aromatic heterocycles. The van der Waals surface area contributed by atoms with Crippen LogP contribution in [0.25, 0.3) is 0 Å². The molecule has 1 saturated carbocycles. The largest absolute Gasteiger partial charge is 0.497 e. The molecule has 3 atom stereocenters. The summed E-state index contributed by atoms with van der Waals surface area (Å²) in [6.45, 7) is 0. The molecule has 1 aromatic carbocycles. The number of hydrogen-bond donors (Lipinski definition) is 0. The van der Waals surface area contributed by atoms with Gasteiger partial charge in [-0.3, -0.25) is 4.79 Å². The van der Waals surface area contributed by atoms with Gasteiger partial charge in [-0.05, 0) is 18.1 Å². The van der Waals surface area contributed by atoms with Crippen LogP contribution in [0.2, 0.25) is 0 Å². The van der Waals surface area contributed by atoms with E-state index in [9.17, 15) is 18.0 Å². The number of ether oxygens (including phenoxy) is 2. The van der Waals surface area contributed by atoms with E-state index in [0.717, 1.165) is 0 Å². The van der Waals surface area contributed by atoms with Crippen molar-refractivity contribution < 1.29 is 27.4 Å². The van der Waals surface area contributed by atoms with Crippen molar-refractivity contribution in [3.63, 3.8) is 0 Å². The molecule has 19 heavy (non-hydrogen) atoms. The summed E-state index contributed by atoms with van der Waals surface area (Å²) in [6.07, 6.45) is -4.46. The molecule has 1 aliphatic carbocycles. The molecule has 0 unspecified atom stereocenters. The average Bonchev–Trinajstić information content (AvgIpc) is 2.26. The average molecular weight is 272 g/mol. The molecule has 0 N–H and O–H groups in total. The molecule has 0 radical (unpaired) electrons. The van der Waals surface area contributed by atoms with E-state index in [4.69, 9.17) is 9.47 Å². The van der Waals surface area contributed by atoms with E-state index in [0.29, 0.717) is 11.3 Å². The van der Waals surface area contributed by atoms with Crippen LogP contribution in [0.3, 0.4) is 0 Å². The van der Waals surface area contributed by atoms with Gasteiger partial charge in [0.05, 0.1) is 18.9 Å². The highest BCUT2D eigenvalue weighted by atomic mass is 19.4. The molecule has 102 valence electrons. The zero-order valence-electron chi connectivity index (χ0n) is 10.0. The molecule has 3 nitrogen and oxygen atoms in total. The van der Waals surface area contributed by atoms with E-state index in [-0.39, 0.29) is 12.2 Å². The van der Waals surface area contributed by atoms with Gasteiger partial charge in [0.2, 0.25) is 0 Å². The first-order valence-electron chi connectivity index (χ1n) is 5.88. The second-order valence-corrected chi connectivity index (χ2v) is 4.84. The number of fused-ring (bicyclic) bond motifs is 3. The van der Waals surface area contributed by atoms with Gasteiger partial charge in [0.1, 0.15) is 11.5 Å². The smallest absolute Gasteiger partial charge is 0.392 e. The van der Waals surface area contributed by atoms with Gasteiger partial charge in [-0.15, -0.1) is 0 Å². The fourth-order valence-corrected chi connectivity index (χ4v) is 2.85. The number of benzene rings is 1. The Kier molecular flexibility index (Phi) is 2.52.